The van der Waals surface area contributed by atoms with Crippen LogP contribution >= 0.6 is 0 Å². The summed E-state index contributed by atoms with van der Waals surface area (Å²) in [5, 5.41) is 7.40. The Hall–Kier alpha value is -3.21. The first kappa shape index (κ1) is 17.6. The van der Waals surface area contributed by atoms with E-state index >= 15 is 0 Å². The second kappa shape index (κ2) is 8.25. The van der Waals surface area contributed by atoms with E-state index in [1.54, 1.807) is 18.5 Å². The topological polar surface area (TPSA) is 59.8 Å². The number of carbonyl (C=O) groups excluding carboxylic acids is 1. The van der Waals surface area contributed by atoms with Gasteiger partial charge in [0.1, 0.15) is 0 Å². The smallest absolute Gasteiger partial charge is 0.244 e. The average Bonchev–Trinajstić information content (AvgIpc) is 2.96. The van der Waals surface area contributed by atoms with Crippen LogP contribution in [0.15, 0.2) is 60.9 Å². The van der Waals surface area contributed by atoms with Crippen molar-refractivity contribution < 1.29 is 4.79 Å². The fourth-order valence-electron chi connectivity index (χ4n) is 2.74. The Bertz CT molecular complexity index is 913. The SMILES string of the molecule is Cc1cc(C)n(Cc2cccc(CNC(=O)C=Cc3cccnc3)c2)n1. The van der Waals surface area contributed by atoms with Gasteiger partial charge in [0, 0.05) is 30.7 Å². The van der Waals surface area contributed by atoms with Crippen molar-refractivity contribution in [2.24, 2.45) is 0 Å². The highest BCUT2D eigenvalue weighted by molar-refractivity contribution is 5.91. The summed E-state index contributed by atoms with van der Waals surface area (Å²) < 4.78 is 1.99. The summed E-state index contributed by atoms with van der Waals surface area (Å²) >= 11 is 0. The number of hydrogen-bond acceptors (Lipinski definition) is 3. The van der Waals surface area contributed by atoms with E-state index in [0.29, 0.717) is 6.54 Å². The molecule has 26 heavy (non-hydrogen) atoms. The molecule has 5 nitrogen and oxygen atoms in total. The largest absolute Gasteiger partial charge is 0.348 e. The van der Waals surface area contributed by atoms with Gasteiger partial charge in [-0.15, -0.1) is 0 Å². The van der Waals surface area contributed by atoms with Crippen LogP contribution in [0.4, 0.5) is 0 Å². The third-order valence-electron chi connectivity index (χ3n) is 4.01. The van der Waals surface area contributed by atoms with Crippen LogP contribution < -0.4 is 5.32 Å². The van der Waals surface area contributed by atoms with E-state index < -0.39 is 0 Å². The van der Waals surface area contributed by atoms with E-state index in [4.69, 9.17) is 0 Å². The standard InChI is InChI=1S/C21H22N4O/c1-16-11-17(2)25(24-16)15-20-6-3-5-19(12-20)14-23-21(26)9-8-18-7-4-10-22-13-18/h3-13H,14-15H2,1-2H3,(H,23,26). The van der Waals surface area contributed by atoms with Gasteiger partial charge in [-0.1, -0.05) is 30.3 Å². The summed E-state index contributed by atoms with van der Waals surface area (Å²) in [5.74, 6) is -0.127. The number of pyridine rings is 1. The van der Waals surface area contributed by atoms with E-state index in [2.05, 4.69) is 40.5 Å². The van der Waals surface area contributed by atoms with Crippen LogP contribution in [0.25, 0.3) is 6.08 Å². The molecule has 0 unspecified atom stereocenters. The van der Waals surface area contributed by atoms with Crippen LogP contribution in [-0.4, -0.2) is 20.7 Å². The number of amides is 1. The zero-order chi connectivity index (χ0) is 18.4. The van der Waals surface area contributed by atoms with Gasteiger partial charge in [0.2, 0.25) is 5.91 Å². The van der Waals surface area contributed by atoms with Crippen molar-refractivity contribution >= 4 is 12.0 Å². The molecule has 0 aliphatic carbocycles. The van der Waals surface area contributed by atoms with E-state index in [1.165, 1.54) is 6.08 Å². The molecule has 0 aliphatic heterocycles. The monoisotopic (exact) mass is 346 g/mol. The maximum Gasteiger partial charge on any atom is 0.244 e. The van der Waals surface area contributed by atoms with Gasteiger partial charge in [0.25, 0.3) is 0 Å². The molecular weight excluding hydrogens is 324 g/mol. The Morgan fingerprint density at radius 3 is 2.73 bits per heavy atom. The highest BCUT2D eigenvalue weighted by Gasteiger charge is 2.03. The number of aryl methyl sites for hydroxylation is 2. The first-order valence-electron chi connectivity index (χ1n) is 8.55. The summed E-state index contributed by atoms with van der Waals surface area (Å²) in [6, 6.07) is 14.0. The lowest BCUT2D eigenvalue weighted by molar-refractivity contribution is -0.116. The van der Waals surface area contributed by atoms with Crippen molar-refractivity contribution in [2.45, 2.75) is 26.9 Å². The van der Waals surface area contributed by atoms with E-state index in [9.17, 15) is 4.79 Å². The molecule has 0 spiro atoms. The van der Waals surface area contributed by atoms with Gasteiger partial charge in [-0.25, -0.2) is 0 Å². The molecule has 0 atom stereocenters. The maximum atomic E-state index is 12.0. The molecule has 0 saturated heterocycles. The van der Waals surface area contributed by atoms with Gasteiger partial charge in [0.15, 0.2) is 0 Å². The number of carbonyl (C=O) groups is 1. The first-order chi connectivity index (χ1) is 12.6. The molecule has 132 valence electrons. The number of benzene rings is 1. The van der Waals surface area contributed by atoms with Crippen LogP contribution in [0.2, 0.25) is 0 Å². The Balaban J connectivity index is 1.57. The quantitative estimate of drug-likeness (QED) is 0.697. The molecule has 3 rings (SSSR count). The molecule has 1 aromatic carbocycles. The van der Waals surface area contributed by atoms with Crippen LogP contribution in [0.3, 0.4) is 0 Å². The Morgan fingerprint density at radius 2 is 2.00 bits per heavy atom. The van der Waals surface area contributed by atoms with Gasteiger partial charge in [-0.3, -0.25) is 14.5 Å². The summed E-state index contributed by atoms with van der Waals surface area (Å²) in [6.45, 7) is 5.26. The zero-order valence-electron chi connectivity index (χ0n) is 15.0. The molecule has 1 amide bonds. The highest BCUT2D eigenvalue weighted by Crippen LogP contribution is 2.10. The molecule has 0 aliphatic rings. The van der Waals surface area contributed by atoms with Crippen molar-refractivity contribution in [3.05, 3.63) is 89.0 Å². The molecule has 1 N–H and O–H groups in total. The molecule has 3 aromatic rings. The summed E-state index contributed by atoms with van der Waals surface area (Å²) in [6.07, 6.45) is 6.70. The van der Waals surface area contributed by atoms with Crippen molar-refractivity contribution in [2.75, 3.05) is 0 Å². The molecule has 2 aromatic heterocycles. The van der Waals surface area contributed by atoms with Crippen molar-refractivity contribution in [3.8, 4) is 0 Å². The predicted molar refractivity (Wildman–Crippen MR) is 102 cm³/mol. The predicted octanol–water partition coefficient (Wildman–Crippen LogP) is 3.27. The van der Waals surface area contributed by atoms with Gasteiger partial charge >= 0.3 is 0 Å². The molecule has 5 heteroatoms. The summed E-state index contributed by atoms with van der Waals surface area (Å²) in [7, 11) is 0. The minimum absolute atomic E-state index is 0.127. The van der Waals surface area contributed by atoms with E-state index in [0.717, 1.165) is 34.6 Å². The lowest BCUT2D eigenvalue weighted by Crippen LogP contribution is -2.20. The normalized spacial score (nSPS) is 11.0. The Kier molecular flexibility index (Phi) is 5.59. The lowest BCUT2D eigenvalue weighted by Gasteiger charge is -2.08. The second-order valence-electron chi connectivity index (χ2n) is 6.24. The molecule has 0 radical (unpaired) electrons. The molecular formula is C21H22N4O. The molecule has 0 fully saturated rings. The lowest BCUT2D eigenvalue weighted by atomic mass is 10.1. The maximum absolute atomic E-state index is 12.0. The number of hydrogen-bond donors (Lipinski definition) is 1. The van der Waals surface area contributed by atoms with Crippen molar-refractivity contribution in [1.82, 2.24) is 20.1 Å². The zero-order valence-corrected chi connectivity index (χ0v) is 15.0. The summed E-state index contributed by atoms with van der Waals surface area (Å²) in [5.41, 5.74) is 5.28. The van der Waals surface area contributed by atoms with Gasteiger partial charge in [-0.05, 0) is 48.7 Å². The third kappa shape index (κ3) is 4.89. The molecule has 0 bridgehead atoms. The first-order valence-corrected chi connectivity index (χ1v) is 8.55. The highest BCUT2D eigenvalue weighted by atomic mass is 16.1. The Labute approximate surface area is 153 Å². The fourth-order valence-corrected chi connectivity index (χ4v) is 2.74. The van der Waals surface area contributed by atoms with Gasteiger partial charge in [0.05, 0.1) is 12.2 Å². The number of rotatable bonds is 6. The van der Waals surface area contributed by atoms with Crippen molar-refractivity contribution in [1.29, 1.82) is 0 Å². The van der Waals surface area contributed by atoms with Gasteiger partial charge < -0.3 is 5.32 Å². The van der Waals surface area contributed by atoms with Crippen LogP contribution in [0, 0.1) is 13.8 Å². The third-order valence-corrected chi connectivity index (χ3v) is 4.01. The van der Waals surface area contributed by atoms with Gasteiger partial charge in [-0.2, -0.15) is 5.10 Å². The van der Waals surface area contributed by atoms with Crippen LogP contribution in [0.5, 0.6) is 0 Å². The van der Waals surface area contributed by atoms with E-state index in [1.807, 2.05) is 35.9 Å². The summed E-state index contributed by atoms with van der Waals surface area (Å²) in [4.78, 5) is 16.0. The number of nitrogens with zero attached hydrogens (tertiary/aromatic N) is 3. The average molecular weight is 346 g/mol. The minimum Gasteiger partial charge on any atom is -0.348 e. The van der Waals surface area contributed by atoms with Crippen molar-refractivity contribution in [3.63, 3.8) is 0 Å². The number of aromatic nitrogens is 3. The fraction of sp³-hybridized carbons (Fsp3) is 0.190. The second-order valence-corrected chi connectivity index (χ2v) is 6.24. The molecule has 2 heterocycles. The Morgan fingerprint density at radius 1 is 1.15 bits per heavy atom. The van der Waals surface area contributed by atoms with Crippen LogP contribution in [-0.2, 0) is 17.9 Å². The van der Waals surface area contributed by atoms with Crippen LogP contribution in [0.1, 0.15) is 28.1 Å². The molecule has 0 saturated carbocycles. The minimum atomic E-state index is -0.127. The number of nitrogens with one attached hydrogen (secondary N) is 1. The van der Waals surface area contributed by atoms with E-state index in [-0.39, 0.29) is 5.91 Å².